The Bertz CT molecular complexity index is 363. The summed E-state index contributed by atoms with van der Waals surface area (Å²) in [5, 5.41) is 4.16. The Morgan fingerprint density at radius 3 is 2.67 bits per heavy atom. The van der Waals surface area contributed by atoms with Crippen molar-refractivity contribution < 1.29 is 0 Å². The van der Waals surface area contributed by atoms with Gasteiger partial charge in [0.15, 0.2) is 0 Å². The second-order valence-corrected chi connectivity index (χ2v) is 5.73. The molecular formula is C15H23ClN2. The van der Waals surface area contributed by atoms with Gasteiger partial charge in [-0.05, 0) is 63.6 Å². The number of nitrogens with zero attached hydrogens (tertiary/aromatic N) is 1. The zero-order valence-electron chi connectivity index (χ0n) is 11.3. The Morgan fingerprint density at radius 2 is 2.00 bits per heavy atom. The summed E-state index contributed by atoms with van der Waals surface area (Å²) in [5.74, 6) is 0.684. The van der Waals surface area contributed by atoms with Crippen molar-refractivity contribution >= 4 is 11.6 Å². The molecule has 0 aliphatic carbocycles. The minimum atomic E-state index is 0.511. The van der Waals surface area contributed by atoms with Gasteiger partial charge in [-0.2, -0.15) is 0 Å². The van der Waals surface area contributed by atoms with Crippen LogP contribution in [0.15, 0.2) is 24.3 Å². The normalized spacial score (nSPS) is 25.9. The Morgan fingerprint density at radius 1 is 1.28 bits per heavy atom. The molecular weight excluding hydrogens is 244 g/mol. The van der Waals surface area contributed by atoms with E-state index < -0.39 is 0 Å². The molecule has 1 aliphatic rings. The van der Waals surface area contributed by atoms with Crippen LogP contribution in [0.25, 0.3) is 0 Å². The molecule has 2 unspecified atom stereocenters. The average molecular weight is 267 g/mol. The Hall–Kier alpha value is -0.570. The summed E-state index contributed by atoms with van der Waals surface area (Å²) >= 11 is 5.99. The maximum atomic E-state index is 5.99. The molecule has 1 fully saturated rings. The molecule has 1 aliphatic heterocycles. The predicted molar refractivity (Wildman–Crippen MR) is 78.1 cm³/mol. The van der Waals surface area contributed by atoms with Crippen LogP contribution in [-0.2, 0) is 0 Å². The van der Waals surface area contributed by atoms with E-state index in [4.69, 9.17) is 11.6 Å². The van der Waals surface area contributed by atoms with Gasteiger partial charge in [-0.3, -0.25) is 4.90 Å². The number of rotatable bonds is 3. The molecule has 0 saturated carbocycles. The maximum absolute atomic E-state index is 5.99. The summed E-state index contributed by atoms with van der Waals surface area (Å²) in [6.07, 6.45) is 3.94. The van der Waals surface area contributed by atoms with Crippen LogP contribution in [0.5, 0.6) is 0 Å². The molecule has 0 amide bonds. The van der Waals surface area contributed by atoms with Gasteiger partial charge in [0.1, 0.15) is 0 Å². The lowest BCUT2D eigenvalue weighted by molar-refractivity contribution is 0.191. The highest BCUT2D eigenvalue weighted by Gasteiger charge is 2.28. The molecule has 2 rings (SSSR count). The third kappa shape index (κ3) is 3.25. The number of likely N-dealkylation sites (tertiary alicyclic amines) is 1. The summed E-state index contributed by atoms with van der Waals surface area (Å²) in [6.45, 7) is 2.27. The van der Waals surface area contributed by atoms with Gasteiger partial charge in [-0.15, -0.1) is 0 Å². The van der Waals surface area contributed by atoms with Crippen molar-refractivity contribution in [3.8, 4) is 0 Å². The van der Waals surface area contributed by atoms with Crippen LogP contribution in [0.3, 0.4) is 0 Å². The molecule has 1 N–H and O–H groups in total. The molecule has 3 heteroatoms. The van der Waals surface area contributed by atoms with Crippen molar-refractivity contribution in [2.45, 2.75) is 25.3 Å². The molecule has 2 nitrogen and oxygen atoms in total. The fourth-order valence-electron chi connectivity index (χ4n) is 3.09. The highest BCUT2D eigenvalue weighted by Crippen LogP contribution is 2.34. The SMILES string of the molecule is CNCC1CCCCN(C)C1c1ccc(Cl)cc1. The molecule has 0 spiro atoms. The van der Waals surface area contributed by atoms with Gasteiger partial charge >= 0.3 is 0 Å². The molecule has 1 aromatic carbocycles. The summed E-state index contributed by atoms with van der Waals surface area (Å²) in [6, 6.07) is 8.88. The summed E-state index contributed by atoms with van der Waals surface area (Å²) in [7, 11) is 4.29. The lowest BCUT2D eigenvalue weighted by atomic mass is 9.89. The first kappa shape index (κ1) is 13.9. The first-order valence-corrected chi connectivity index (χ1v) is 7.20. The van der Waals surface area contributed by atoms with Gasteiger partial charge in [-0.1, -0.05) is 30.2 Å². The number of halogens is 1. The van der Waals surface area contributed by atoms with Gasteiger partial charge in [-0.25, -0.2) is 0 Å². The minimum Gasteiger partial charge on any atom is -0.319 e. The molecule has 100 valence electrons. The second kappa shape index (κ2) is 6.55. The fourth-order valence-corrected chi connectivity index (χ4v) is 3.21. The standard InChI is InChI=1S/C15H23ClN2/c1-17-11-13-5-3-4-10-18(2)15(13)12-6-8-14(16)9-7-12/h6-9,13,15,17H,3-5,10-11H2,1-2H3. The summed E-state index contributed by atoms with van der Waals surface area (Å²) < 4.78 is 0. The van der Waals surface area contributed by atoms with E-state index in [-0.39, 0.29) is 0 Å². The van der Waals surface area contributed by atoms with E-state index in [0.29, 0.717) is 12.0 Å². The lowest BCUT2D eigenvalue weighted by Crippen LogP contribution is -2.33. The van der Waals surface area contributed by atoms with Crippen molar-refractivity contribution in [1.82, 2.24) is 10.2 Å². The van der Waals surface area contributed by atoms with Crippen LogP contribution < -0.4 is 5.32 Å². The van der Waals surface area contributed by atoms with E-state index in [1.54, 1.807) is 0 Å². The molecule has 18 heavy (non-hydrogen) atoms. The maximum Gasteiger partial charge on any atom is 0.0406 e. The van der Waals surface area contributed by atoms with Crippen LogP contribution in [0, 0.1) is 5.92 Å². The summed E-state index contributed by atoms with van der Waals surface area (Å²) in [5.41, 5.74) is 1.39. The summed E-state index contributed by atoms with van der Waals surface area (Å²) in [4.78, 5) is 2.50. The van der Waals surface area contributed by atoms with Gasteiger partial charge in [0, 0.05) is 11.1 Å². The van der Waals surface area contributed by atoms with Crippen LogP contribution in [-0.4, -0.2) is 32.1 Å². The molecule has 0 aromatic heterocycles. The number of hydrogen-bond donors (Lipinski definition) is 1. The van der Waals surface area contributed by atoms with Crippen molar-refractivity contribution in [3.05, 3.63) is 34.9 Å². The van der Waals surface area contributed by atoms with E-state index >= 15 is 0 Å². The minimum absolute atomic E-state index is 0.511. The molecule has 0 radical (unpaired) electrons. The third-order valence-electron chi connectivity index (χ3n) is 3.93. The van der Waals surface area contributed by atoms with Crippen LogP contribution in [0.1, 0.15) is 30.9 Å². The zero-order chi connectivity index (χ0) is 13.0. The van der Waals surface area contributed by atoms with Crippen molar-refractivity contribution in [2.75, 3.05) is 27.2 Å². The van der Waals surface area contributed by atoms with Crippen molar-refractivity contribution in [1.29, 1.82) is 0 Å². The average Bonchev–Trinajstić information content (AvgIpc) is 2.53. The number of benzene rings is 1. The van der Waals surface area contributed by atoms with E-state index in [0.717, 1.165) is 11.6 Å². The first-order chi connectivity index (χ1) is 8.72. The molecule has 2 atom stereocenters. The Balaban J connectivity index is 2.24. The van der Waals surface area contributed by atoms with E-state index in [2.05, 4.69) is 29.4 Å². The smallest absolute Gasteiger partial charge is 0.0406 e. The van der Waals surface area contributed by atoms with Crippen molar-refractivity contribution in [3.63, 3.8) is 0 Å². The first-order valence-electron chi connectivity index (χ1n) is 6.82. The van der Waals surface area contributed by atoms with Crippen LogP contribution in [0.4, 0.5) is 0 Å². The largest absolute Gasteiger partial charge is 0.319 e. The van der Waals surface area contributed by atoms with Gasteiger partial charge in [0.25, 0.3) is 0 Å². The van der Waals surface area contributed by atoms with Gasteiger partial charge < -0.3 is 5.32 Å². The third-order valence-corrected chi connectivity index (χ3v) is 4.19. The van der Waals surface area contributed by atoms with E-state index in [1.807, 2.05) is 19.2 Å². The number of hydrogen-bond acceptors (Lipinski definition) is 2. The second-order valence-electron chi connectivity index (χ2n) is 5.29. The number of nitrogens with one attached hydrogen (secondary N) is 1. The van der Waals surface area contributed by atoms with E-state index in [9.17, 15) is 0 Å². The quantitative estimate of drug-likeness (QED) is 0.903. The Kier molecular flexibility index (Phi) is 5.04. The monoisotopic (exact) mass is 266 g/mol. The molecule has 1 saturated heterocycles. The van der Waals surface area contributed by atoms with Crippen LogP contribution >= 0.6 is 11.6 Å². The topological polar surface area (TPSA) is 15.3 Å². The highest BCUT2D eigenvalue weighted by molar-refractivity contribution is 6.30. The van der Waals surface area contributed by atoms with Gasteiger partial charge in [0.05, 0.1) is 0 Å². The van der Waals surface area contributed by atoms with E-state index in [1.165, 1.54) is 31.4 Å². The van der Waals surface area contributed by atoms with Crippen LogP contribution in [0.2, 0.25) is 5.02 Å². The molecule has 1 heterocycles. The van der Waals surface area contributed by atoms with Crippen molar-refractivity contribution in [2.24, 2.45) is 5.92 Å². The zero-order valence-corrected chi connectivity index (χ0v) is 12.1. The lowest BCUT2D eigenvalue weighted by Gasteiger charge is -2.32. The molecule has 1 aromatic rings. The Labute approximate surface area is 115 Å². The fraction of sp³-hybridized carbons (Fsp3) is 0.600. The predicted octanol–water partition coefficient (Wildman–Crippen LogP) is 3.33. The molecule has 0 bridgehead atoms. The van der Waals surface area contributed by atoms with Gasteiger partial charge in [0.2, 0.25) is 0 Å². The highest BCUT2D eigenvalue weighted by atomic mass is 35.5.